The van der Waals surface area contributed by atoms with Crippen molar-refractivity contribution >= 4 is 17.5 Å². The van der Waals surface area contributed by atoms with Crippen LogP contribution in [0.4, 0.5) is 0 Å². The van der Waals surface area contributed by atoms with Gasteiger partial charge >= 0.3 is 0 Å². The zero-order valence-corrected chi connectivity index (χ0v) is 19.1. The molecule has 0 aliphatic rings. The van der Waals surface area contributed by atoms with Gasteiger partial charge in [0, 0.05) is 43.3 Å². The van der Waals surface area contributed by atoms with Crippen LogP contribution in [0, 0.1) is 0 Å². The molecule has 0 aliphatic carbocycles. The van der Waals surface area contributed by atoms with Gasteiger partial charge < -0.3 is 0 Å². The Bertz CT molecular complexity index is 1250. The highest BCUT2D eigenvalue weighted by molar-refractivity contribution is 5.90. The van der Waals surface area contributed by atoms with Gasteiger partial charge in [0.05, 0.1) is 11.7 Å². The Kier molecular flexibility index (Phi) is 7.75. The van der Waals surface area contributed by atoms with Crippen molar-refractivity contribution in [2.24, 2.45) is 0 Å². The lowest BCUT2D eigenvalue weighted by Gasteiger charge is -2.22. The Balaban J connectivity index is 1.50. The minimum Gasteiger partial charge on any atom is -0.299 e. The van der Waals surface area contributed by atoms with Gasteiger partial charge in [0.15, 0.2) is 0 Å². The number of nitrogens with one attached hydrogen (secondary N) is 1. The van der Waals surface area contributed by atoms with Gasteiger partial charge in [-0.2, -0.15) is 5.10 Å². The highest BCUT2D eigenvalue weighted by atomic mass is 16.5. The van der Waals surface area contributed by atoms with Crippen LogP contribution in [0.2, 0.25) is 0 Å². The zero-order valence-electron chi connectivity index (χ0n) is 19.1. The summed E-state index contributed by atoms with van der Waals surface area (Å²) in [5.74, 6) is -0.549. The Morgan fingerprint density at radius 1 is 1.15 bits per heavy atom. The number of carbonyl (C=O) groups excluding carboxylic acids is 1. The number of carbonyl (C=O) groups is 1. The summed E-state index contributed by atoms with van der Waals surface area (Å²) in [6.45, 7) is 4.88. The SMILES string of the molecule is CCCN(CCc1c(-c2cnccn2)nn2ccccc12)Cc1ccc(/C=C/C(=O)NO)cc1. The van der Waals surface area contributed by atoms with Crippen LogP contribution in [0.15, 0.2) is 73.3 Å². The quantitative estimate of drug-likeness (QED) is 0.214. The second kappa shape index (κ2) is 11.3. The molecular formula is C26H28N6O2. The van der Waals surface area contributed by atoms with E-state index in [0.29, 0.717) is 0 Å². The van der Waals surface area contributed by atoms with Crippen molar-refractivity contribution in [1.29, 1.82) is 0 Å². The Morgan fingerprint density at radius 2 is 2.00 bits per heavy atom. The maximum atomic E-state index is 11.2. The molecule has 0 spiro atoms. The van der Waals surface area contributed by atoms with Crippen molar-refractivity contribution in [2.75, 3.05) is 13.1 Å². The minimum absolute atomic E-state index is 0.549. The van der Waals surface area contributed by atoms with Crippen LogP contribution >= 0.6 is 0 Å². The van der Waals surface area contributed by atoms with Crippen LogP contribution in [0.25, 0.3) is 23.0 Å². The molecule has 1 aromatic carbocycles. The number of hydrogen-bond acceptors (Lipinski definition) is 6. The molecular weight excluding hydrogens is 428 g/mol. The third kappa shape index (κ3) is 5.72. The van der Waals surface area contributed by atoms with Gasteiger partial charge in [-0.05, 0) is 48.7 Å². The summed E-state index contributed by atoms with van der Waals surface area (Å²) in [5, 5.41) is 13.4. The number of nitrogens with zero attached hydrogens (tertiary/aromatic N) is 5. The topological polar surface area (TPSA) is 95.7 Å². The monoisotopic (exact) mass is 456 g/mol. The van der Waals surface area contributed by atoms with E-state index >= 15 is 0 Å². The first kappa shape index (κ1) is 23.3. The molecule has 8 nitrogen and oxygen atoms in total. The summed E-state index contributed by atoms with van der Waals surface area (Å²) >= 11 is 0. The van der Waals surface area contributed by atoms with E-state index in [1.165, 1.54) is 17.2 Å². The van der Waals surface area contributed by atoms with Crippen molar-refractivity contribution in [2.45, 2.75) is 26.3 Å². The van der Waals surface area contributed by atoms with Crippen LogP contribution in [0.5, 0.6) is 0 Å². The van der Waals surface area contributed by atoms with Gasteiger partial charge in [0.2, 0.25) is 0 Å². The first-order valence-electron chi connectivity index (χ1n) is 11.3. The smallest absolute Gasteiger partial charge is 0.267 e. The summed E-state index contributed by atoms with van der Waals surface area (Å²) in [6.07, 6.45) is 11.9. The van der Waals surface area contributed by atoms with E-state index in [4.69, 9.17) is 10.3 Å². The summed E-state index contributed by atoms with van der Waals surface area (Å²) in [6, 6.07) is 14.2. The van der Waals surface area contributed by atoms with Gasteiger partial charge in [0.25, 0.3) is 5.91 Å². The fraction of sp³-hybridized carbons (Fsp3) is 0.231. The lowest BCUT2D eigenvalue weighted by molar-refractivity contribution is -0.124. The van der Waals surface area contributed by atoms with Crippen molar-refractivity contribution in [3.8, 4) is 11.4 Å². The summed E-state index contributed by atoms with van der Waals surface area (Å²) in [4.78, 5) is 22.3. The van der Waals surface area contributed by atoms with Gasteiger partial charge in [-0.3, -0.25) is 24.9 Å². The van der Waals surface area contributed by atoms with E-state index in [-0.39, 0.29) is 0 Å². The lowest BCUT2D eigenvalue weighted by atomic mass is 10.1. The molecule has 3 heterocycles. The third-order valence-corrected chi connectivity index (χ3v) is 5.59. The number of hydrogen-bond donors (Lipinski definition) is 2. The van der Waals surface area contributed by atoms with Gasteiger partial charge in [0.1, 0.15) is 11.4 Å². The Labute approximate surface area is 198 Å². The van der Waals surface area contributed by atoms with Gasteiger partial charge in [-0.25, -0.2) is 10.00 Å². The minimum atomic E-state index is -0.549. The summed E-state index contributed by atoms with van der Waals surface area (Å²) in [7, 11) is 0. The molecule has 0 radical (unpaired) electrons. The van der Waals surface area contributed by atoms with E-state index in [1.54, 1.807) is 30.1 Å². The van der Waals surface area contributed by atoms with Crippen molar-refractivity contribution in [3.05, 3.63) is 90.0 Å². The van der Waals surface area contributed by atoms with Crippen molar-refractivity contribution in [3.63, 3.8) is 0 Å². The second-order valence-electron chi connectivity index (χ2n) is 8.03. The van der Waals surface area contributed by atoms with E-state index < -0.39 is 5.91 Å². The number of rotatable bonds is 10. The molecule has 1 amide bonds. The zero-order chi connectivity index (χ0) is 23.8. The fourth-order valence-corrected chi connectivity index (χ4v) is 3.98. The van der Waals surface area contributed by atoms with E-state index in [2.05, 4.69) is 40.0 Å². The van der Waals surface area contributed by atoms with Crippen molar-refractivity contribution < 1.29 is 10.0 Å². The maximum Gasteiger partial charge on any atom is 0.267 e. The molecule has 0 fully saturated rings. The maximum absolute atomic E-state index is 11.2. The van der Waals surface area contributed by atoms with E-state index in [9.17, 15) is 4.79 Å². The van der Waals surface area contributed by atoms with E-state index in [1.807, 2.05) is 35.0 Å². The number of aromatic nitrogens is 4. The predicted molar refractivity (Wildman–Crippen MR) is 131 cm³/mol. The normalized spacial score (nSPS) is 11.5. The molecule has 2 N–H and O–H groups in total. The van der Waals surface area contributed by atoms with Crippen molar-refractivity contribution in [1.82, 2.24) is 30.0 Å². The molecule has 8 heteroatoms. The molecule has 4 aromatic rings. The molecule has 4 rings (SSSR count). The predicted octanol–water partition coefficient (Wildman–Crippen LogP) is 3.76. The highest BCUT2D eigenvalue weighted by Gasteiger charge is 2.17. The third-order valence-electron chi connectivity index (χ3n) is 5.59. The first-order valence-corrected chi connectivity index (χ1v) is 11.3. The molecule has 0 unspecified atom stereocenters. The molecule has 3 aromatic heterocycles. The fourth-order valence-electron chi connectivity index (χ4n) is 3.98. The van der Waals surface area contributed by atoms with Crippen LogP contribution in [-0.2, 0) is 17.8 Å². The van der Waals surface area contributed by atoms with Crippen LogP contribution in [-0.4, -0.2) is 48.7 Å². The second-order valence-corrected chi connectivity index (χ2v) is 8.03. The number of benzene rings is 1. The Morgan fingerprint density at radius 3 is 2.74 bits per heavy atom. The molecule has 0 aliphatic heterocycles. The largest absolute Gasteiger partial charge is 0.299 e. The average molecular weight is 457 g/mol. The van der Waals surface area contributed by atoms with Crippen LogP contribution in [0.1, 0.15) is 30.0 Å². The molecule has 174 valence electrons. The molecule has 0 atom stereocenters. The Hall–Kier alpha value is -3.88. The number of pyridine rings is 1. The molecule has 0 saturated heterocycles. The van der Waals surface area contributed by atoms with Gasteiger partial charge in [-0.15, -0.1) is 0 Å². The average Bonchev–Trinajstić information content (AvgIpc) is 3.26. The molecule has 0 bridgehead atoms. The first-order chi connectivity index (χ1) is 16.7. The standard InChI is InChI=1S/C26H28N6O2/c1-2-15-31(19-21-8-6-20(7-9-21)10-11-25(33)30-34)17-12-22-24-5-3-4-16-32(24)29-26(22)23-18-27-13-14-28-23/h3-11,13-14,16,18,34H,2,12,15,17,19H2,1H3,(H,30,33)/b11-10+. The number of amides is 1. The van der Waals surface area contributed by atoms with Crippen LogP contribution in [0.3, 0.4) is 0 Å². The highest BCUT2D eigenvalue weighted by Crippen LogP contribution is 2.25. The van der Waals surface area contributed by atoms with Crippen LogP contribution < -0.4 is 5.48 Å². The molecule has 34 heavy (non-hydrogen) atoms. The summed E-state index contributed by atoms with van der Waals surface area (Å²) < 4.78 is 1.91. The molecule has 0 saturated carbocycles. The number of hydroxylamine groups is 1. The lowest BCUT2D eigenvalue weighted by Crippen LogP contribution is -2.26. The van der Waals surface area contributed by atoms with Gasteiger partial charge in [-0.1, -0.05) is 37.3 Å². The van der Waals surface area contributed by atoms with E-state index in [0.717, 1.165) is 54.9 Å². The summed E-state index contributed by atoms with van der Waals surface area (Å²) in [5.41, 5.74) is 7.60. The number of fused-ring (bicyclic) bond motifs is 1.